The molecule has 0 aromatic carbocycles. The molecule has 0 aliphatic heterocycles. The van der Waals surface area contributed by atoms with Crippen molar-refractivity contribution in [3.8, 4) is 0 Å². The van der Waals surface area contributed by atoms with Crippen molar-refractivity contribution in [1.82, 2.24) is 0 Å². The Hall–Kier alpha value is -0.200. The van der Waals surface area contributed by atoms with Gasteiger partial charge in [-0.2, -0.15) is 0 Å². The third-order valence-electron chi connectivity index (χ3n) is 1.34. The summed E-state index contributed by atoms with van der Waals surface area (Å²) in [4.78, 5) is 0. The highest BCUT2D eigenvalue weighted by atomic mass is 16.6. The fraction of sp³-hybridized carbons (Fsp3) is 1.00. The second-order valence-corrected chi connectivity index (χ2v) is 2.37. The fourth-order valence-electron chi connectivity index (χ4n) is 0.614. The minimum absolute atomic E-state index is 0.171. The number of aliphatic hydroxyl groups excluding tert-OH is 1. The SMILES string of the molecule is COCCOCCOCC(O)OC. The molecule has 5 heteroatoms. The van der Waals surface area contributed by atoms with Crippen molar-refractivity contribution in [3.63, 3.8) is 0 Å². The van der Waals surface area contributed by atoms with E-state index in [9.17, 15) is 0 Å². The van der Waals surface area contributed by atoms with Gasteiger partial charge in [0.15, 0.2) is 6.29 Å². The van der Waals surface area contributed by atoms with Gasteiger partial charge in [0.25, 0.3) is 0 Å². The lowest BCUT2D eigenvalue weighted by atomic mass is 10.6. The largest absolute Gasteiger partial charge is 0.382 e. The molecule has 1 unspecified atom stereocenters. The first kappa shape index (κ1) is 12.8. The predicted octanol–water partition coefficient (Wildman–Crippen LogP) is -0.369. The topological polar surface area (TPSA) is 57.2 Å². The van der Waals surface area contributed by atoms with Gasteiger partial charge in [-0.15, -0.1) is 0 Å². The van der Waals surface area contributed by atoms with Gasteiger partial charge < -0.3 is 24.1 Å². The van der Waals surface area contributed by atoms with Crippen LogP contribution < -0.4 is 0 Å². The van der Waals surface area contributed by atoms with Crippen LogP contribution in [0, 0.1) is 0 Å². The van der Waals surface area contributed by atoms with Crippen LogP contribution in [0.5, 0.6) is 0 Å². The van der Waals surface area contributed by atoms with Crippen LogP contribution in [0.3, 0.4) is 0 Å². The molecule has 0 rings (SSSR count). The van der Waals surface area contributed by atoms with Crippen LogP contribution in [-0.2, 0) is 18.9 Å². The Kier molecular flexibility index (Phi) is 9.73. The minimum Gasteiger partial charge on any atom is -0.382 e. The molecule has 1 N–H and O–H groups in total. The van der Waals surface area contributed by atoms with Gasteiger partial charge in [0.1, 0.15) is 0 Å². The molecule has 0 aliphatic carbocycles. The number of aliphatic hydroxyl groups is 1. The highest BCUT2D eigenvalue weighted by Gasteiger charge is 1.99. The van der Waals surface area contributed by atoms with E-state index in [1.54, 1.807) is 7.11 Å². The number of hydrogen-bond acceptors (Lipinski definition) is 5. The molecule has 0 spiro atoms. The van der Waals surface area contributed by atoms with Gasteiger partial charge in [0.05, 0.1) is 33.0 Å². The zero-order valence-electron chi connectivity index (χ0n) is 8.19. The predicted molar refractivity (Wildman–Crippen MR) is 46.5 cm³/mol. The standard InChI is InChI=1S/C8H18O5/c1-10-3-4-12-5-6-13-7-8(9)11-2/h8-9H,3-7H2,1-2H3. The van der Waals surface area contributed by atoms with Crippen LogP contribution in [0.25, 0.3) is 0 Å². The summed E-state index contributed by atoms with van der Waals surface area (Å²) in [6.45, 7) is 2.27. The van der Waals surface area contributed by atoms with Gasteiger partial charge >= 0.3 is 0 Å². The Morgan fingerprint density at radius 2 is 1.62 bits per heavy atom. The van der Waals surface area contributed by atoms with Crippen LogP contribution in [0.15, 0.2) is 0 Å². The molecular weight excluding hydrogens is 176 g/mol. The lowest BCUT2D eigenvalue weighted by molar-refractivity contribution is -0.123. The number of hydrogen-bond donors (Lipinski definition) is 1. The maximum atomic E-state index is 8.89. The average Bonchev–Trinajstić information content (AvgIpc) is 2.16. The fourth-order valence-corrected chi connectivity index (χ4v) is 0.614. The zero-order valence-corrected chi connectivity index (χ0v) is 8.19. The first-order valence-electron chi connectivity index (χ1n) is 4.16. The van der Waals surface area contributed by atoms with Crippen LogP contribution in [0.1, 0.15) is 0 Å². The highest BCUT2D eigenvalue weighted by molar-refractivity contribution is 4.36. The summed E-state index contributed by atoms with van der Waals surface area (Å²) in [5, 5.41) is 8.89. The minimum atomic E-state index is -0.848. The van der Waals surface area contributed by atoms with Gasteiger partial charge in [-0.3, -0.25) is 0 Å². The molecule has 0 amide bonds. The van der Waals surface area contributed by atoms with E-state index in [1.807, 2.05) is 0 Å². The Balaban J connectivity index is 2.91. The molecular formula is C8H18O5. The van der Waals surface area contributed by atoms with Crippen molar-refractivity contribution in [3.05, 3.63) is 0 Å². The third-order valence-corrected chi connectivity index (χ3v) is 1.34. The van der Waals surface area contributed by atoms with Crippen LogP contribution in [0.4, 0.5) is 0 Å². The summed E-state index contributed by atoms with van der Waals surface area (Å²) in [6.07, 6.45) is -0.848. The summed E-state index contributed by atoms with van der Waals surface area (Å²) in [7, 11) is 3.04. The summed E-state index contributed by atoms with van der Waals surface area (Å²) in [5.74, 6) is 0. The van der Waals surface area contributed by atoms with Gasteiger partial charge in [-0.05, 0) is 0 Å². The van der Waals surface area contributed by atoms with E-state index < -0.39 is 6.29 Å². The van der Waals surface area contributed by atoms with Crippen LogP contribution in [-0.4, -0.2) is 58.7 Å². The van der Waals surface area contributed by atoms with Crippen molar-refractivity contribution in [1.29, 1.82) is 0 Å². The van der Waals surface area contributed by atoms with E-state index >= 15 is 0 Å². The normalized spacial score (nSPS) is 13.2. The first-order valence-corrected chi connectivity index (χ1v) is 4.16. The van der Waals surface area contributed by atoms with Crippen molar-refractivity contribution < 1.29 is 24.1 Å². The van der Waals surface area contributed by atoms with E-state index in [4.69, 9.17) is 19.3 Å². The lowest BCUT2D eigenvalue weighted by Crippen LogP contribution is -2.19. The molecule has 0 aliphatic rings. The van der Waals surface area contributed by atoms with Gasteiger partial charge in [-0.25, -0.2) is 0 Å². The molecule has 0 fully saturated rings. The average molecular weight is 194 g/mol. The monoisotopic (exact) mass is 194 g/mol. The Morgan fingerprint density at radius 3 is 2.23 bits per heavy atom. The highest BCUT2D eigenvalue weighted by Crippen LogP contribution is 1.85. The van der Waals surface area contributed by atoms with Gasteiger partial charge in [-0.1, -0.05) is 0 Å². The Morgan fingerprint density at radius 1 is 1.00 bits per heavy atom. The van der Waals surface area contributed by atoms with E-state index in [2.05, 4.69) is 4.74 Å². The smallest absolute Gasteiger partial charge is 0.177 e. The molecule has 0 saturated carbocycles. The molecule has 0 bridgehead atoms. The molecule has 13 heavy (non-hydrogen) atoms. The molecule has 1 atom stereocenters. The van der Waals surface area contributed by atoms with Gasteiger partial charge in [0, 0.05) is 14.2 Å². The Bertz CT molecular complexity index is 98.5. The summed E-state index contributed by atoms with van der Waals surface area (Å²) in [5.41, 5.74) is 0. The first-order chi connectivity index (χ1) is 6.31. The second-order valence-electron chi connectivity index (χ2n) is 2.37. The number of rotatable bonds is 9. The quantitative estimate of drug-likeness (QED) is 0.401. The van der Waals surface area contributed by atoms with Crippen molar-refractivity contribution in [2.45, 2.75) is 6.29 Å². The zero-order chi connectivity index (χ0) is 9.94. The van der Waals surface area contributed by atoms with E-state index in [1.165, 1.54) is 7.11 Å². The number of methoxy groups -OCH3 is 2. The molecule has 0 aromatic rings. The van der Waals surface area contributed by atoms with Crippen LogP contribution in [0.2, 0.25) is 0 Å². The molecule has 0 aromatic heterocycles. The second kappa shape index (κ2) is 9.88. The van der Waals surface area contributed by atoms with Gasteiger partial charge in [0.2, 0.25) is 0 Å². The lowest BCUT2D eigenvalue weighted by Gasteiger charge is -2.09. The Labute approximate surface area is 78.5 Å². The maximum Gasteiger partial charge on any atom is 0.177 e. The summed E-state index contributed by atoms with van der Waals surface area (Å²) < 4.78 is 19.5. The van der Waals surface area contributed by atoms with Crippen molar-refractivity contribution >= 4 is 0 Å². The van der Waals surface area contributed by atoms with Crippen molar-refractivity contribution in [2.24, 2.45) is 0 Å². The van der Waals surface area contributed by atoms with E-state index in [0.717, 1.165) is 0 Å². The molecule has 80 valence electrons. The molecule has 0 heterocycles. The third kappa shape index (κ3) is 9.72. The molecule has 0 saturated heterocycles. The summed E-state index contributed by atoms with van der Waals surface area (Å²) >= 11 is 0. The summed E-state index contributed by atoms with van der Waals surface area (Å²) in [6, 6.07) is 0. The molecule has 5 nitrogen and oxygen atoms in total. The van der Waals surface area contributed by atoms with E-state index in [-0.39, 0.29) is 6.61 Å². The maximum absolute atomic E-state index is 8.89. The van der Waals surface area contributed by atoms with E-state index in [0.29, 0.717) is 26.4 Å². The van der Waals surface area contributed by atoms with Crippen LogP contribution >= 0.6 is 0 Å². The molecule has 0 radical (unpaired) electrons. The number of ether oxygens (including phenoxy) is 4. The van der Waals surface area contributed by atoms with Crippen molar-refractivity contribution in [2.75, 3.05) is 47.3 Å².